The summed E-state index contributed by atoms with van der Waals surface area (Å²) in [6.07, 6.45) is -0.498. The zero-order valence-corrected chi connectivity index (χ0v) is 23.9. The topological polar surface area (TPSA) is 95.1 Å². The highest BCUT2D eigenvalue weighted by Gasteiger charge is 2.57. The van der Waals surface area contributed by atoms with E-state index in [0.29, 0.717) is 22.5 Å². The normalized spacial score (nSPS) is 22.8. The van der Waals surface area contributed by atoms with E-state index in [1.54, 1.807) is 38.3 Å². The minimum atomic E-state index is -3.52. The van der Waals surface area contributed by atoms with Gasteiger partial charge in [-0.2, -0.15) is 0 Å². The number of nitrogens with zero attached hydrogens (tertiary/aromatic N) is 1. The highest BCUT2D eigenvalue weighted by molar-refractivity contribution is 7.93. The van der Waals surface area contributed by atoms with E-state index in [0.717, 1.165) is 4.70 Å². The molecule has 200 valence electrons. The molecule has 7 nitrogen and oxygen atoms in total. The van der Waals surface area contributed by atoms with Crippen LogP contribution in [0.25, 0.3) is 10.2 Å². The van der Waals surface area contributed by atoms with Crippen molar-refractivity contribution in [1.82, 2.24) is 4.98 Å². The van der Waals surface area contributed by atoms with Gasteiger partial charge in [-0.05, 0) is 62.6 Å². The number of fused-ring (bicyclic) bond motifs is 1. The number of methoxy groups -OCH3 is 1. The van der Waals surface area contributed by atoms with Gasteiger partial charge in [0.1, 0.15) is 6.10 Å². The third-order valence-electron chi connectivity index (χ3n) is 6.84. The molecule has 1 saturated heterocycles. The van der Waals surface area contributed by atoms with Crippen molar-refractivity contribution in [3.8, 4) is 0 Å². The van der Waals surface area contributed by atoms with Crippen LogP contribution in [-0.4, -0.2) is 56.1 Å². The van der Waals surface area contributed by atoms with Gasteiger partial charge < -0.3 is 14.2 Å². The summed E-state index contributed by atoms with van der Waals surface area (Å²) in [5.41, 5.74) is 0.620. The minimum absolute atomic E-state index is 0.00428. The summed E-state index contributed by atoms with van der Waals surface area (Å²) in [5, 5.41) is 0.542. The van der Waals surface area contributed by atoms with Gasteiger partial charge in [-0.15, -0.1) is 11.3 Å². The molecule has 0 bridgehead atoms. The van der Waals surface area contributed by atoms with Gasteiger partial charge in [0.2, 0.25) is 14.2 Å². The van der Waals surface area contributed by atoms with Crippen molar-refractivity contribution < 1.29 is 27.4 Å². The smallest absolute Gasteiger partial charge is 0.338 e. The van der Waals surface area contributed by atoms with Crippen molar-refractivity contribution in [3.63, 3.8) is 0 Å². The quantitative estimate of drug-likeness (QED) is 0.214. The van der Waals surface area contributed by atoms with Gasteiger partial charge in [-0.3, -0.25) is 0 Å². The van der Waals surface area contributed by atoms with Crippen molar-refractivity contribution in [2.24, 2.45) is 11.8 Å². The maximum atomic E-state index is 13.0. The molecular weight excluding hydrogens is 534 g/mol. The number of hydrogen-bond acceptors (Lipinski definition) is 8. The average molecular weight is 566 g/mol. The van der Waals surface area contributed by atoms with Crippen LogP contribution in [0.4, 0.5) is 0 Å². The van der Waals surface area contributed by atoms with Crippen LogP contribution in [0.15, 0.2) is 52.9 Å². The maximum absolute atomic E-state index is 13.0. The average Bonchev–Trinajstić information content (AvgIpc) is 3.29. The van der Waals surface area contributed by atoms with E-state index in [4.69, 9.17) is 25.8 Å². The number of benzene rings is 2. The molecule has 0 aliphatic carbocycles. The number of rotatable bonds is 11. The summed E-state index contributed by atoms with van der Waals surface area (Å²) in [7, 11) is -1.94. The number of esters is 1. The van der Waals surface area contributed by atoms with Crippen LogP contribution in [0.5, 0.6) is 0 Å². The second-order valence-corrected chi connectivity index (χ2v) is 13.7. The molecule has 2 heterocycles. The minimum Gasteiger partial charge on any atom is -0.456 e. The summed E-state index contributed by atoms with van der Waals surface area (Å²) in [5.74, 6) is -0.682. The molecule has 0 spiro atoms. The number of sulfone groups is 1. The first-order valence-electron chi connectivity index (χ1n) is 12.2. The van der Waals surface area contributed by atoms with E-state index in [1.807, 2.05) is 45.0 Å². The summed E-state index contributed by atoms with van der Waals surface area (Å²) >= 11 is 7.11. The molecule has 1 fully saturated rings. The summed E-state index contributed by atoms with van der Waals surface area (Å²) in [6.45, 7) is 7.71. The summed E-state index contributed by atoms with van der Waals surface area (Å²) in [4.78, 5) is 16.9. The van der Waals surface area contributed by atoms with Crippen LogP contribution in [0, 0.1) is 11.8 Å². The largest absolute Gasteiger partial charge is 0.456 e. The Morgan fingerprint density at radius 3 is 2.49 bits per heavy atom. The van der Waals surface area contributed by atoms with Crippen molar-refractivity contribution in [2.45, 2.75) is 62.4 Å². The van der Waals surface area contributed by atoms with Gasteiger partial charge in [-0.1, -0.05) is 37.6 Å². The number of hydrogen-bond donors (Lipinski definition) is 0. The number of halogens is 1. The van der Waals surface area contributed by atoms with E-state index in [2.05, 4.69) is 4.98 Å². The van der Waals surface area contributed by atoms with Crippen molar-refractivity contribution in [1.29, 1.82) is 0 Å². The lowest BCUT2D eigenvalue weighted by Gasteiger charge is -2.28. The predicted molar refractivity (Wildman–Crippen MR) is 145 cm³/mol. The molecule has 1 aromatic heterocycles. The van der Waals surface area contributed by atoms with Crippen molar-refractivity contribution in [2.75, 3.05) is 12.9 Å². The molecule has 2 aromatic carbocycles. The molecule has 0 N–H and O–H groups in total. The number of carbonyl (C=O) groups excluding carboxylic acids is 1. The SMILES string of the molecule is CO[C@H]([C@@H](C)[C@H]1O[C@]1(C)C[C@H](C)CS(=O)(=O)c1nc2ccccc2s1)[C@@H](C)OC(=O)c1ccc(Cl)cc1. The fraction of sp³-hybridized carbons (Fsp3) is 0.481. The van der Waals surface area contributed by atoms with E-state index < -0.39 is 33.6 Å². The van der Waals surface area contributed by atoms with Gasteiger partial charge in [0.05, 0.1) is 39.3 Å². The molecule has 6 atom stereocenters. The second-order valence-electron chi connectivity index (χ2n) is 10.1. The molecule has 1 aliphatic rings. The fourth-order valence-corrected chi connectivity index (χ4v) is 8.21. The number of epoxide rings is 1. The second kappa shape index (κ2) is 11.0. The molecular formula is C27H32ClNO6S2. The number of para-hydroxylation sites is 1. The Morgan fingerprint density at radius 2 is 1.84 bits per heavy atom. The van der Waals surface area contributed by atoms with Crippen LogP contribution >= 0.6 is 22.9 Å². The Morgan fingerprint density at radius 1 is 1.16 bits per heavy atom. The third kappa shape index (κ3) is 6.34. The number of carbonyl (C=O) groups is 1. The highest BCUT2D eigenvalue weighted by atomic mass is 35.5. The molecule has 0 saturated carbocycles. The first-order valence-corrected chi connectivity index (χ1v) is 15.0. The lowest BCUT2D eigenvalue weighted by molar-refractivity contribution is -0.0542. The zero-order valence-electron chi connectivity index (χ0n) is 21.5. The van der Waals surface area contributed by atoms with E-state index >= 15 is 0 Å². The molecule has 1 aliphatic heterocycles. The van der Waals surface area contributed by atoms with Gasteiger partial charge in [0.25, 0.3) is 0 Å². The van der Waals surface area contributed by atoms with Crippen molar-refractivity contribution >= 4 is 49.0 Å². The van der Waals surface area contributed by atoms with Gasteiger partial charge in [0.15, 0.2) is 0 Å². The predicted octanol–water partition coefficient (Wildman–Crippen LogP) is 5.80. The van der Waals surface area contributed by atoms with Gasteiger partial charge in [-0.25, -0.2) is 18.2 Å². The zero-order chi connectivity index (χ0) is 27.0. The monoisotopic (exact) mass is 565 g/mol. The van der Waals surface area contributed by atoms with Crippen LogP contribution < -0.4 is 0 Å². The molecule has 37 heavy (non-hydrogen) atoms. The lowest BCUT2D eigenvalue weighted by Crippen LogP contribution is -2.39. The van der Waals surface area contributed by atoms with E-state index in [9.17, 15) is 13.2 Å². The Balaban J connectivity index is 1.35. The highest BCUT2D eigenvalue weighted by Crippen LogP contribution is 2.47. The molecule has 3 aromatic rings. The summed E-state index contributed by atoms with van der Waals surface area (Å²) in [6, 6.07) is 13.9. The maximum Gasteiger partial charge on any atom is 0.338 e. The van der Waals surface area contributed by atoms with Gasteiger partial charge >= 0.3 is 5.97 Å². The van der Waals surface area contributed by atoms with Crippen LogP contribution in [0.2, 0.25) is 5.02 Å². The first-order chi connectivity index (χ1) is 17.4. The van der Waals surface area contributed by atoms with Gasteiger partial charge in [0, 0.05) is 18.1 Å². The first kappa shape index (κ1) is 28.0. The molecule has 0 amide bonds. The number of thiazole rings is 1. The van der Waals surface area contributed by atoms with E-state index in [1.165, 1.54) is 11.3 Å². The third-order valence-corrected chi connectivity index (χ3v) is 10.6. The van der Waals surface area contributed by atoms with E-state index in [-0.39, 0.29) is 28.0 Å². The lowest BCUT2D eigenvalue weighted by atomic mass is 9.86. The number of ether oxygens (including phenoxy) is 3. The Bertz CT molecular complexity index is 1330. The van der Waals surface area contributed by atoms with Crippen LogP contribution in [0.1, 0.15) is 44.5 Å². The molecule has 10 heteroatoms. The van der Waals surface area contributed by atoms with Crippen LogP contribution in [-0.2, 0) is 24.0 Å². The molecule has 4 rings (SSSR count). The summed E-state index contributed by atoms with van der Waals surface area (Å²) < 4.78 is 44.6. The van der Waals surface area contributed by atoms with Crippen LogP contribution in [0.3, 0.4) is 0 Å². The fourth-order valence-electron chi connectivity index (χ4n) is 5.16. The standard InChI is InChI=1S/C27H32ClNO6S2/c1-16(15-37(31,32)26-29-21-8-6-7-9-22(21)36-26)14-27(4)24(35-27)17(2)23(33-5)18(3)34-25(30)19-10-12-20(28)13-11-19/h6-13,16-18,23-24H,14-15H2,1-5H3/t16-,17+,18+,23+,24+,27+/m0/s1. The molecule has 0 unspecified atom stereocenters. The Hall–Kier alpha value is -2.04. The molecule has 0 radical (unpaired) electrons. The Labute approximate surface area is 227 Å². The Kier molecular flexibility index (Phi) is 8.30. The van der Waals surface area contributed by atoms with Crippen molar-refractivity contribution in [3.05, 3.63) is 59.1 Å². The number of aromatic nitrogens is 1.